The van der Waals surface area contributed by atoms with Crippen LogP contribution in [0.4, 0.5) is 4.39 Å². The van der Waals surface area contributed by atoms with Crippen molar-refractivity contribution >= 4 is 0 Å². The van der Waals surface area contributed by atoms with E-state index in [4.69, 9.17) is 4.74 Å². The molecule has 0 aromatic heterocycles. The minimum absolute atomic E-state index is 0.185. The Balaban J connectivity index is 1.98. The van der Waals surface area contributed by atoms with E-state index >= 15 is 0 Å². The number of methoxy groups -OCH3 is 1. The van der Waals surface area contributed by atoms with E-state index in [0.29, 0.717) is 30.5 Å². The largest absolute Gasteiger partial charge is 0.493 e. The van der Waals surface area contributed by atoms with Crippen molar-refractivity contribution in [3.05, 3.63) is 29.6 Å². The highest BCUT2D eigenvalue weighted by atomic mass is 19.1. The number of fused-ring (bicyclic) bond motifs is 2. The molecule has 104 valence electrons. The van der Waals surface area contributed by atoms with Crippen molar-refractivity contribution in [2.24, 2.45) is 0 Å². The summed E-state index contributed by atoms with van der Waals surface area (Å²) in [6.07, 6.45) is 4.62. The zero-order chi connectivity index (χ0) is 13.5. The first-order chi connectivity index (χ1) is 9.12. The van der Waals surface area contributed by atoms with Crippen LogP contribution in [0.2, 0.25) is 0 Å². The van der Waals surface area contributed by atoms with Crippen molar-refractivity contribution < 1.29 is 14.2 Å². The number of para-hydroxylation sites is 1. The summed E-state index contributed by atoms with van der Waals surface area (Å²) in [7, 11) is 1.45. The second kappa shape index (κ2) is 4.76. The molecule has 0 radical (unpaired) electrons. The third kappa shape index (κ3) is 2.23. The number of aliphatic hydroxyl groups is 1. The number of hydrogen-bond acceptors (Lipinski definition) is 3. The maximum absolute atomic E-state index is 13.8. The van der Waals surface area contributed by atoms with Crippen LogP contribution in [0.5, 0.6) is 5.75 Å². The summed E-state index contributed by atoms with van der Waals surface area (Å²) in [4.78, 5) is 0. The number of piperidine rings is 2. The third-order valence-electron chi connectivity index (χ3n) is 4.42. The van der Waals surface area contributed by atoms with Gasteiger partial charge in [0.15, 0.2) is 11.6 Å². The van der Waals surface area contributed by atoms with Crippen molar-refractivity contribution in [1.82, 2.24) is 5.32 Å². The summed E-state index contributed by atoms with van der Waals surface area (Å²) in [6.45, 7) is 0. The number of rotatable bonds is 2. The number of ether oxygens (including phenoxy) is 1. The van der Waals surface area contributed by atoms with E-state index in [-0.39, 0.29) is 5.75 Å². The van der Waals surface area contributed by atoms with Crippen LogP contribution in [-0.2, 0) is 5.60 Å². The van der Waals surface area contributed by atoms with Crippen LogP contribution in [0.25, 0.3) is 0 Å². The van der Waals surface area contributed by atoms with Crippen LogP contribution in [0.1, 0.15) is 37.7 Å². The van der Waals surface area contributed by atoms with Crippen LogP contribution in [0.15, 0.2) is 18.2 Å². The van der Waals surface area contributed by atoms with Crippen molar-refractivity contribution in [3.8, 4) is 5.75 Å². The van der Waals surface area contributed by atoms with Gasteiger partial charge in [-0.2, -0.15) is 0 Å². The lowest BCUT2D eigenvalue weighted by Crippen LogP contribution is -2.54. The predicted molar refractivity (Wildman–Crippen MR) is 70.6 cm³/mol. The van der Waals surface area contributed by atoms with Gasteiger partial charge in [0, 0.05) is 17.6 Å². The SMILES string of the molecule is COc1c(F)cccc1C1(O)CC2CCCC(C1)N2. The molecular weight excluding hydrogens is 245 g/mol. The van der Waals surface area contributed by atoms with E-state index in [1.807, 2.05) is 0 Å². The lowest BCUT2D eigenvalue weighted by atomic mass is 9.73. The smallest absolute Gasteiger partial charge is 0.165 e. The zero-order valence-corrected chi connectivity index (χ0v) is 11.2. The summed E-state index contributed by atoms with van der Waals surface area (Å²) in [5, 5.41) is 14.5. The van der Waals surface area contributed by atoms with E-state index in [1.54, 1.807) is 12.1 Å². The maximum Gasteiger partial charge on any atom is 0.165 e. The Morgan fingerprint density at radius 1 is 1.32 bits per heavy atom. The molecule has 19 heavy (non-hydrogen) atoms. The summed E-state index contributed by atoms with van der Waals surface area (Å²) in [5.74, 6) is -0.220. The van der Waals surface area contributed by atoms with Crippen LogP contribution in [0.3, 0.4) is 0 Å². The van der Waals surface area contributed by atoms with Gasteiger partial charge in [0.1, 0.15) is 0 Å². The third-order valence-corrected chi connectivity index (χ3v) is 4.42. The van der Waals surface area contributed by atoms with Crippen molar-refractivity contribution in [2.75, 3.05) is 7.11 Å². The summed E-state index contributed by atoms with van der Waals surface area (Å²) < 4.78 is 19.0. The van der Waals surface area contributed by atoms with Crippen LogP contribution >= 0.6 is 0 Å². The number of halogens is 1. The second-order valence-electron chi connectivity index (χ2n) is 5.75. The first-order valence-corrected chi connectivity index (χ1v) is 6.94. The molecule has 3 rings (SSSR count). The topological polar surface area (TPSA) is 41.5 Å². The normalized spacial score (nSPS) is 34.1. The van der Waals surface area contributed by atoms with Gasteiger partial charge in [-0.15, -0.1) is 0 Å². The monoisotopic (exact) mass is 265 g/mol. The quantitative estimate of drug-likeness (QED) is 0.862. The minimum Gasteiger partial charge on any atom is -0.493 e. The molecular formula is C15H20FNO2. The van der Waals surface area contributed by atoms with E-state index in [0.717, 1.165) is 12.8 Å². The highest BCUT2D eigenvalue weighted by Gasteiger charge is 2.43. The average molecular weight is 265 g/mol. The number of benzene rings is 1. The molecule has 2 heterocycles. The number of nitrogens with one attached hydrogen (secondary N) is 1. The minimum atomic E-state index is -0.978. The molecule has 2 unspecified atom stereocenters. The Kier molecular flexibility index (Phi) is 3.23. The van der Waals surface area contributed by atoms with E-state index in [9.17, 15) is 9.50 Å². The fraction of sp³-hybridized carbons (Fsp3) is 0.600. The summed E-state index contributed by atoms with van der Waals surface area (Å²) >= 11 is 0. The molecule has 0 spiro atoms. The van der Waals surface area contributed by atoms with Gasteiger partial charge >= 0.3 is 0 Å². The van der Waals surface area contributed by atoms with Gasteiger partial charge < -0.3 is 15.2 Å². The molecule has 2 fully saturated rings. The Morgan fingerprint density at radius 2 is 2.00 bits per heavy atom. The molecule has 0 saturated carbocycles. The van der Waals surface area contributed by atoms with Gasteiger partial charge in [0.2, 0.25) is 0 Å². The number of hydrogen-bond donors (Lipinski definition) is 2. The van der Waals surface area contributed by atoms with E-state index in [2.05, 4.69) is 5.32 Å². The van der Waals surface area contributed by atoms with Crippen LogP contribution < -0.4 is 10.1 Å². The lowest BCUT2D eigenvalue weighted by molar-refractivity contribution is -0.0376. The highest BCUT2D eigenvalue weighted by Crippen LogP contribution is 2.43. The molecule has 1 aromatic carbocycles. The molecule has 2 atom stereocenters. The molecule has 0 aliphatic carbocycles. The fourth-order valence-corrected chi connectivity index (χ4v) is 3.63. The summed E-state index contributed by atoms with van der Waals surface area (Å²) in [5.41, 5.74) is -0.387. The van der Waals surface area contributed by atoms with E-state index in [1.165, 1.54) is 19.6 Å². The highest BCUT2D eigenvalue weighted by molar-refractivity contribution is 5.40. The fourth-order valence-electron chi connectivity index (χ4n) is 3.63. The Hall–Kier alpha value is -1.13. The van der Waals surface area contributed by atoms with Crippen molar-refractivity contribution in [3.63, 3.8) is 0 Å². The van der Waals surface area contributed by atoms with Gasteiger partial charge in [0.25, 0.3) is 0 Å². The first-order valence-electron chi connectivity index (χ1n) is 6.94. The standard InChI is InChI=1S/C15H20FNO2/c1-19-14-12(6-3-7-13(14)16)15(18)8-10-4-2-5-11(9-15)17-10/h3,6-7,10-11,17-18H,2,4-5,8-9H2,1H3. The molecule has 4 heteroatoms. The molecule has 0 amide bonds. The molecule has 2 N–H and O–H groups in total. The van der Waals surface area contributed by atoms with Crippen LogP contribution in [-0.4, -0.2) is 24.3 Å². The van der Waals surface area contributed by atoms with E-state index < -0.39 is 11.4 Å². The summed E-state index contributed by atoms with van der Waals surface area (Å²) in [6, 6.07) is 5.44. The van der Waals surface area contributed by atoms with Gasteiger partial charge in [0.05, 0.1) is 12.7 Å². The molecule has 2 aliphatic heterocycles. The van der Waals surface area contributed by atoms with Gasteiger partial charge in [-0.05, 0) is 31.7 Å². The average Bonchev–Trinajstić information content (AvgIpc) is 2.37. The van der Waals surface area contributed by atoms with Crippen LogP contribution in [0, 0.1) is 5.82 Å². The second-order valence-corrected chi connectivity index (χ2v) is 5.75. The molecule has 2 saturated heterocycles. The van der Waals surface area contributed by atoms with Crippen molar-refractivity contribution in [1.29, 1.82) is 0 Å². The van der Waals surface area contributed by atoms with Gasteiger partial charge in [-0.25, -0.2) is 4.39 Å². The van der Waals surface area contributed by atoms with Crippen molar-refractivity contribution in [2.45, 2.75) is 49.8 Å². The maximum atomic E-state index is 13.8. The van der Waals surface area contributed by atoms with Gasteiger partial charge in [-0.1, -0.05) is 18.6 Å². The lowest BCUT2D eigenvalue weighted by Gasteiger charge is -2.45. The molecule has 2 aliphatic rings. The Bertz CT molecular complexity index is 465. The molecule has 3 nitrogen and oxygen atoms in total. The molecule has 2 bridgehead atoms. The Morgan fingerprint density at radius 3 is 2.63 bits per heavy atom. The molecule has 1 aromatic rings. The van der Waals surface area contributed by atoms with Gasteiger partial charge in [-0.3, -0.25) is 0 Å². The zero-order valence-electron chi connectivity index (χ0n) is 11.2. The Labute approximate surface area is 112 Å². The predicted octanol–water partition coefficient (Wildman–Crippen LogP) is 2.33. The first kappa shape index (κ1) is 12.9.